The van der Waals surface area contributed by atoms with Crippen LogP contribution in [-0.4, -0.2) is 8.07 Å². The van der Waals surface area contributed by atoms with Crippen LogP contribution >= 0.6 is 0 Å². The number of hydrogen-bond donors (Lipinski definition) is 0. The van der Waals surface area contributed by atoms with Gasteiger partial charge in [-0.2, -0.15) is 0 Å². The van der Waals surface area contributed by atoms with Crippen LogP contribution in [0.4, 0.5) is 0 Å². The zero-order valence-corrected chi connectivity index (χ0v) is 18.2. The Kier molecular flexibility index (Phi) is 4.27. The highest BCUT2D eigenvalue weighted by atomic mass is 28.3. The molecule has 2 aromatic carbocycles. The predicted molar refractivity (Wildman–Crippen MR) is 119 cm³/mol. The number of rotatable bonds is 3. The van der Waals surface area contributed by atoms with Crippen molar-refractivity contribution in [2.75, 3.05) is 0 Å². The maximum atomic E-state index is 5.99. The van der Waals surface area contributed by atoms with Gasteiger partial charge in [0.05, 0.1) is 8.07 Å². The lowest BCUT2D eigenvalue weighted by Gasteiger charge is -2.18. The van der Waals surface area contributed by atoms with E-state index in [1.807, 2.05) is 6.92 Å². The van der Waals surface area contributed by atoms with E-state index in [0.29, 0.717) is 0 Å². The van der Waals surface area contributed by atoms with Crippen LogP contribution in [0.5, 0.6) is 0 Å². The van der Waals surface area contributed by atoms with Gasteiger partial charge in [-0.15, -0.1) is 0 Å². The number of hydrogen-bond acceptors (Lipinski definition) is 1. The molecule has 0 saturated heterocycles. The van der Waals surface area contributed by atoms with Crippen molar-refractivity contribution in [2.24, 2.45) is 0 Å². The van der Waals surface area contributed by atoms with E-state index in [2.05, 4.69) is 82.0 Å². The molecule has 0 saturated carbocycles. The average Bonchev–Trinajstić information content (AvgIpc) is 3.18. The normalized spacial score (nSPS) is 13.6. The summed E-state index contributed by atoms with van der Waals surface area (Å²) in [6, 6.07) is 16.0. The molecular weight excluding hydrogens is 344 g/mol. The Morgan fingerprint density at radius 3 is 2.15 bits per heavy atom. The van der Waals surface area contributed by atoms with Crippen molar-refractivity contribution < 1.29 is 4.42 Å². The fraction of sp³-hybridized carbons (Fsp3) is 0.280. The van der Waals surface area contributed by atoms with E-state index in [1.54, 1.807) is 0 Å². The third kappa shape index (κ3) is 3.23. The summed E-state index contributed by atoms with van der Waals surface area (Å²) in [5.41, 5.74) is 9.27. The van der Waals surface area contributed by atoms with Crippen molar-refractivity contribution in [2.45, 2.75) is 46.8 Å². The summed E-state index contributed by atoms with van der Waals surface area (Å²) in [6.07, 6.45) is 3.28. The SMILES string of the molecule is Cc1cc(C2=Cc3c(ccc(C)c3-c3ccc([Si](C)(C)C)cc3)C2)oc1C. The van der Waals surface area contributed by atoms with Gasteiger partial charge in [0, 0.05) is 6.42 Å². The van der Waals surface area contributed by atoms with E-state index in [-0.39, 0.29) is 0 Å². The zero-order valence-electron chi connectivity index (χ0n) is 17.2. The molecule has 1 heterocycles. The Morgan fingerprint density at radius 1 is 0.852 bits per heavy atom. The van der Waals surface area contributed by atoms with Gasteiger partial charge in [0.1, 0.15) is 11.5 Å². The fourth-order valence-corrected chi connectivity index (χ4v) is 5.10. The molecule has 0 unspecified atom stereocenters. The lowest BCUT2D eigenvalue weighted by Crippen LogP contribution is -2.37. The second kappa shape index (κ2) is 6.38. The highest BCUT2D eigenvalue weighted by Gasteiger charge is 2.22. The van der Waals surface area contributed by atoms with Crippen molar-refractivity contribution >= 4 is 24.9 Å². The first-order chi connectivity index (χ1) is 12.7. The lowest BCUT2D eigenvalue weighted by atomic mass is 9.93. The number of fused-ring (bicyclic) bond motifs is 1. The summed E-state index contributed by atoms with van der Waals surface area (Å²) < 4.78 is 5.99. The van der Waals surface area contributed by atoms with Crippen LogP contribution in [-0.2, 0) is 6.42 Å². The summed E-state index contributed by atoms with van der Waals surface area (Å²) in [5, 5.41) is 1.51. The molecule has 2 heteroatoms. The summed E-state index contributed by atoms with van der Waals surface area (Å²) in [4.78, 5) is 0. The maximum Gasteiger partial charge on any atom is 0.130 e. The quantitative estimate of drug-likeness (QED) is 0.477. The largest absolute Gasteiger partial charge is 0.461 e. The Balaban J connectivity index is 1.79. The Hall–Kier alpha value is -2.32. The molecule has 0 atom stereocenters. The van der Waals surface area contributed by atoms with Crippen LogP contribution in [0.25, 0.3) is 22.8 Å². The van der Waals surface area contributed by atoms with Gasteiger partial charge < -0.3 is 4.42 Å². The van der Waals surface area contributed by atoms with E-state index in [1.165, 1.54) is 44.1 Å². The first kappa shape index (κ1) is 18.1. The van der Waals surface area contributed by atoms with Crippen molar-refractivity contribution in [3.8, 4) is 11.1 Å². The molecule has 0 fully saturated rings. The van der Waals surface area contributed by atoms with E-state index < -0.39 is 8.07 Å². The topological polar surface area (TPSA) is 13.1 Å². The lowest BCUT2D eigenvalue weighted by molar-refractivity contribution is 0.518. The highest BCUT2D eigenvalue weighted by Crippen LogP contribution is 2.40. The summed E-state index contributed by atoms with van der Waals surface area (Å²) in [7, 11) is -1.27. The van der Waals surface area contributed by atoms with Crippen molar-refractivity contribution in [1.82, 2.24) is 0 Å². The predicted octanol–water partition coefficient (Wildman–Crippen LogP) is 6.51. The molecule has 0 bridgehead atoms. The van der Waals surface area contributed by atoms with Gasteiger partial charge in [-0.05, 0) is 71.9 Å². The molecule has 0 amide bonds. The first-order valence-electron chi connectivity index (χ1n) is 9.75. The third-order valence-electron chi connectivity index (χ3n) is 5.77. The number of furan rings is 1. The van der Waals surface area contributed by atoms with Gasteiger partial charge in [-0.1, -0.05) is 61.2 Å². The van der Waals surface area contributed by atoms with Crippen LogP contribution in [0, 0.1) is 20.8 Å². The standard InChI is InChI=1S/C25H28OSi/c1-16-7-8-20-14-21(24-13-17(2)18(3)26-24)15-23(20)25(16)19-9-11-22(12-10-19)27(4,5)6/h7-13,15H,14H2,1-6H3. The minimum atomic E-state index is -1.27. The summed E-state index contributed by atoms with van der Waals surface area (Å²) >= 11 is 0. The number of aryl methyl sites for hydroxylation is 3. The molecule has 0 aliphatic heterocycles. The number of allylic oxidation sites excluding steroid dienone is 1. The first-order valence-corrected chi connectivity index (χ1v) is 13.3. The van der Waals surface area contributed by atoms with Gasteiger partial charge in [-0.25, -0.2) is 0 Å². The molecular formula is C25H28OSi. The third-order valence-corrected chi connectivity index (χ3v) is 7.83. The van der Waals surface area contributed by atoms with Crippen molar-refractivity contribution in [3.63, 3.8) is 0 Å². The molecule has 0 N–H and O–H groups in total. The molecule has 4 rings (SSSR count). The van der Waals surface area contributed by atoms with Gasteiger partial charge in [0.2, 0.25) is 0 Å². The fourth-order valence-electron chi connectivity index (χ4n) is 3.93. The Labute approximate surface area is 163 Å². The minimum Gasteiger partial charge on any atom is -0.461 e. The Morgan fingerprint density at radius 2 is 1.56 bits per heavy atom. The van der Waals surface area contributed by atoms with E-state index in [0.717, 1.165) is 17.9 Å². The molecule has 27 heavy (non-hydrogen) atoms. The molecule has 0 radical (unpaired) electrons. The number of benzene rings is 2. The zero-order chi connectivity index (χ0) is 19.3. The molecule has 1 nitrogen and oxygen atoms in total. The molecule has 138 valence electrons. The van der Waals surface area contributed by atoms with E-state index in [4.69, 9.17) is 4.42 Å². The van der Waals surface area contributed by atoms with Crippen LogP contribution in [0.15, 0.2) is 46.9 Å². The Bertz CT molecular complexity index is 1020. The smallest absolute Gasteiger partial charge is 0.130 e. The van der Waals surface area contributed by atoms with Gasteiger partial charge in [-0.3, -0.25) is 0 Å². The summed E-state index contributed by atoms with van der Waals surface area (Å²) in [5.74, 6) is 2.03. The molecule has 0 spiro atoms. The maximum absolute atomic E-state index is 5.99. The highest BCUT2D eigenvalue weighted by molar-refractivity contribution is 6.88. The molecule has 1 aromatic heterocycles. The van der Waals surface area contributed by atoms with E-state index >= 15 is 0 Å². The van der Waals surface area contributed by atoms with E-state index in [9.17, 15) is 0 Å². The van der Waals surface area contributed by atoms with Crippen LogP contribution in [0.3, 0.4) is 0 Å². The summed E-state index contributed by atoms with van der Waals surface area (Å²) in [6.45, 7) is 13.6. The van der Waals surface area contributed by atoms with Crippen LogP contribution in [0.1, 0.15) is 33.8 Å². The average molecular weight is 373 g/mol. The van der Waals surface area contributed by atoms with Gasteiger partial charge in [0.25, 0.3) is 0 Å². The van der Waals surface area contributed by atoms with Crippen LogP contribution in [0.2, 0.25) is 19.6 Å². The second-order valence-corrected chi connectivity index (χ2v) is 13.9. The molecule has 3 aromatic rings. The monoisotopic (exact) mass is 372 g/mol. The van der Waals surface area contributed by atoms with Crippen LogP contribution < -0.4 is 5.19 Å². The molecule has 1 aliphatic carbocycles. The molecule has 1 aliphatic rings. The van der Waals surface area contributed by atoms with Crippen molar-refractivity contribution in [3.05, 3.63) is 76.2 Å². The van der Waals surface area contributed by atoms with Crippen molar-refractivity contribution in [1.29, 1.82) is 0 Å². The van der Waals surface area contributed by atoms with Gasteiger partial charge >= 0.3 is 0 Å². The second-order valence-electron chi connectivity index (χ2n) is 8.85. The van der Waals surface area contributed by atoms with Gasteiger partial charge in [0.15, 0.2) is 0 Å². The minimum absolute atomic E-state index is 0.946.